The molecule has 3 heteroatoms. The fraction of sp³-hybridized carbons (Fsp3) is 0.214. The third-order valence-electron chi connectivity index (χ3n) is 2.55. The van der Waals surface area contributed by atoms with E-state index in [1.165, 1.54) is 11.1 Å². The summed E-state index contributed by atoms with van der Waals surface area (Å²) in [5.41, 5.74) is 9.03. The summed E-state index contributed by atoms with van der Waals surface area (Å²) in [4.78, 5) is 4.40. The van der Waals surface area contributed by atoms with E-state index in [-0.39, 0.29) is 0 Å². The molecule has 0 unspecified atom stereocenters. The van der Waals surface area contributed by atoms with Crippen molar-refractivity contribution in [3.63, 3.8) is 0 Å². The summed E-state index contributed by atoms with van der Waals surface area (Å²) < 4.78 is 0. The van der Waals surface area contributed by atoms with Crippen LogP contribution in [0.5, 0.6) is 0 Å². The molecule has 0 spiro atoms. The lowest BCUT2D eigenvalue weighted by Gasteiger charge is -2.07. The predicted octanol–water partition coefficient (Wildman–Crippen LogP) is 3.52. The fourth-order valence-electron chi connectivity index (χ4n) is 1.63. The first-order valence-electron chi connectivity index (χ1n) is 5.70. The number of nitrogens with two attached hydrogens (primary N) is 1. The van der Waals surface area contributed by atoms with Crippen LogP contribution in [0, 0.1) is 0 Å². The summed E-state index contributed by atoms with van der Waals surface area (Å²) >= 11 is 1.77. The molecule has 1 aromatic heterocycles. The number of aromatic nitrogens is 1. The highest BCUT2D eigenvalue weighted by Crippen LogP contribution is 2.25. The summed E-state index contributed by atoms with van der Waals surface area (Å²) in [5, 5.41) is 1.09. The SMILES string of the molecule is CCc1cc(N)cnc1SCc1ccccc1. The molecule has 0 amide bonds. The van der Waals surface area contributed by atoms with Gasteiger partial charge < -0.3 is 5.73 Å². The molecule has 1 aromatic carbocycles. The van der Waals surface area contributed by atoms with Crippen LogP contribution in [-0.4, -0.2) is 4.98 Å². The number of benzene rings is 1. The molecule has 0 atom stereocenters. The molecular weight excluding hydrogens is 228 g/mol. The van der Waals surface area contributed by atoms with Gasteiger partial charge in [-0.05, 0) is 23.6 Å². The van der Waals surface area contributed by atoms with Crippen molar-refractivity contribution in [1.82, 2.24) is 4.98 Å². The lowest BCUT2D eigenvalue weighted by Crippen LogP contribution is -1.94. The number of hydrogen-bond donors (Lipinski definition) is 1. The monoisotopic (exact) mass is 244 g/mol. The van der Waals surface area contributed by atoms with Crippen LogP contribution in [0.15, 0.2) is 47.6 Å². The number of nitrogens with zero attached hydrogens (tertiary/aromatic N) is 1. The first-order valence-corrected chi connectivity index (χ1v) is 6.69. The van der Waals surface area contributed by atoms with Crippen molar-refractivity contribution in [3.05, 3.63) is 53.7 Å². The van der Waals surface area contributed by atoms with Crippen molar-refractivity contribution in [1.29, 1.82) is 0 Å². The van der Waals surface area contributed by atoms with E-state index < -0.39 is 0 Å². The maximum absolute atomic E-state index is 5.74. The zero-order valence-corrected chi connectivity index (χ0v) is 10.7. The van der Waals surface area contributed by atoms with E-state index in [2.05, 4.69) is 36.2 Å². The Morgan fingerprint density at radius 1 is 1.24 bits per heavy atom. The molecule has 0 bridgehead atoms. The molecular formula is C14H16N2S. The summed E-state index contributed by atoms with van der Waals surface area (Å²) in [6.45, 7) is 2.13. The van der Waals surface area contributed by atoms with Gasteiger partial charge in [0.05, 0.1) is 16.9 Å². The first-order chi connectivity index (χ1) is 8.29. The number of anilines is 1. The smallest absolute Gasteiger partial charge is 0.0996 e. The highest BCUT2D eigenvalue weighted by molar-refractivity contribution is 7.98. The van der Waals surface area contributed by atoms with Crippen molar-refractivity contribution in [3.8, 4) is 0 Å². The van der Waals surface area contributed by atoms with Gasteiger partial charge in [0, 0.05) is 5.75 Å². The predicted molar refractivity (Wildman–Crippen MR) is 74.0 cm³/mol. The maximum Gasteiger partial charge on any atom is 0.0996 e. The van der Waals surface area contributed by atoms with E-state index in [1.54, 1.807) is 18.0 Å². The Morgan fingerprint density at radius 2 is 2.00 bits per heavy atom. The molecule has 0 radical (unpaired) electrons. The standard InChI is InChI=1S/C14H16N2S/c1-2-12-8-13(15)9-16-14(12)17-10-11-6-4-3-5-7-11/h3-9H,2,10,15H2,1H3. The number of rotatable bonds is 4. The van der Waals surface area contributed by atoms with E-state index in [9.17, 15) is 0 Å². The number of pyridine rings is 1. The lowest BCUT2D eigenvalue weighted by molar-refractivity contribution is 0.996. The zero-order valence-electron chi connectivity index (χ0n) is 9.89. The van der Waals surface area contributed by atoms with E-state index in [0.717, 1.165) is 22.9 Å². The molecule has 88 valence electrons. The lowest BCUT2D eigenvalue weighted by atomic mass is 10.2. The molecule has 2 nitrogen and oxygen atoms in total. The largest absolute Gasteiger partial charge is 0.397 e. The fourth-order valence-corrected chi connectivity index (χ4v) is 2.64. The summed E-state index contributed by atoms with van der Waals surface area (Å²) in [5.74, 6) is 0.949. The van der Waals surface area contributed by atoms with Gasteiger partial charge in [-0.3, -0.25) is 0 Å². The van der Waals surface area contributed by atoms with Gasteiger partial charge >= 0.3 is 0 Å². The van der Waals surface area contributed by atoms with Crippen molar-refractivity contribution < 1.29 is 0 Å². The average molecular weight is 244 g/mol. The third-order valence-corrected chi connectivity index (χ3v) is 3.66. The normalized spacial score (nSPS) is 10.4. The molecule has 0 saturated carbocycles. The van der Waals surface area contributed by atoms with Crippen LogP contribution in [0.25, 0.3) is 0 Å². The minimum Gasteiger partial charge on any atom is -0.397 e. The van der Waals surface area contributed by atoms with E-state index >= 15 is 0 Å². The second-order valence-electron chi connectivity index (χ2n) is 3.86. The highest BCUT2D eigenvalue weighted by atomic mass is 32.2. The Balaban J connectivity index is 2.09. The zero-order chi connectivity index (χ0) is 12.1. The van der Waals surface area contributed by atoms with Crippen LogP contribution in [0.1, 0.15) is 18.1 Å². The Bertz CT molecular complexity index is 483. The van der Waals surface area contributed by atoms with E-state index in [0.29, 0.717) is 0 Å². The Kier molecular flexibility index (Phi) is 4.04. The molecule has 2 rings (SSSR count). The molecule has 2 N–H and O–H groups in total. The minimum absolute atomic E-state index is 0.742. The molecule has 0 fully saturated rings. The quantitative estimate of drug-likeness (QED) is 0.836. The molecule has 0 saturated heterocycles. The number of aryl methyl sites for hydroxylation is 1. The first kappa shape index (κ1) is 12.0. The van der Waals surface area contributed by atoms with Crippen molar-refractivity contribution >= 4 is 17.4 Å². The summed E-state index contributed by atoms with van der Waals surface area (Å²) in [7, 11) is 0. The van der Waals surface area contributed by atoms with Crippen LogP contribution >= 0.6 is 11.8 Å². The minimum atomic E-state index is 0.742. The average Bonchev–Trinajstić information content (AvgIpc) is 2.38. The molecule has 0 aliphatic heterocycles. The van der Waals surface area contributed by atoms with Crippen LogP contribution < -0.4 is 5.73 Å². The van der Waals surface area contributed by atoms with Gasteiger partial charge in [-0.2, -0.15) is 0 Å². The Labute approximate surface area is 106 Å². The van der Waals surface area contributed by atoms with Crippen LogP contribution in [0.2, 0.25) is 0 Å². The molecule has 2 aromatic rings. The molecule has 0 aliphatic carbocycles. The Morgan fingerprint density at radius 3 is 2.71 bits per heavy atom. The highest BCUT2D eigenvalue weighted by Gasteiger charge is 2.04. The van der Waals surface area contributed by atoms with Crippen LogP contribution in [0.3, 0.4) is 0 Å². The van der Waals surface area contributed by atoms with Crippen LogP contribution in [0.4, 0.5) is 5.69 Å². The van der Waals surface area contributed by atoms with Crippen molar-refractivity contribution in [2.75, 3.05) is 5.73 Å². The van der Waals surface area contributed by atoms with Crippen molar-refractivity contribution in [2.24, 2.45) is 0 Å². The number of nitrogen functional groups attached to an aromatic ring is 1. The summed E-state index contributed by atoms with van der Waals surface area (Å²) in [6, 6.07) is 12.4. The number of hydrogen-bond acceptors (Lipinski definition) is 3. The third kappa shape index (κ3) is 3.24. The van der Waals surface area contributed by atoms with Gasteiger partial charge in [0.15, 0.2) is 0 Å². The van der Waals surface area contributed by atoms with Gasteiger partial charge in [0.1, 0.15) is 0 Å². The topological polar surface area (TPSA) is 38.9 Å². The van der Waals surface area contributed by atoms with Gasteiger partial charge in [-0.25, -0.2) is 4.98 Å². The van der Waals surface area contributed by atoms with Gasteiger partial charge in [0.2, 0.25) is 0 Å². The second kappa shape index (κ2) is 5.73. The van der Waals surface area contributed by atoms with Gasteiger partial charge in [-0.15, -0.1) is 11.8 Å². The number of thioether (sulfide) groups is 1. The van der Waals surface area contributed by atoms with Crippen LogP contribution in [-0.2, 0) is 12.2 Å². The van der Waals surface area contributed by atoms with Crippen molar-refractivity contribution in [2.45, 2.75) is 24.1 Å². The van der Waals surface area contributed by atoms with Gasteiger partial charge in [0.25, 0.3) is 0 Å². The van der Waals surface area contributed by atoms with E-state index in [4.69, 9.17) is 5.73 Å². The summed E-state index contributed by atoms with van der Waals surface area (Å²) in [6.07, 6.45) is 2.70. The Hall–Kier alpha value is -1.48. The van der Waals surface area contributed by atoms with E-state index in [1.807, 2.05) is 12.1 Å². The molecule has 1 heterocycles. The second-order valence-corrected chi connectivity index (χ2v) is 4.82. The maximum atomic E-state index is 5.74. The molecule has 0 aliphatic rings. The molecule has 17 heavy (non-hydrogen) atoms. The van der Waals surface area contributed by atoms with Gasteiger partial charge in [-0.1, -0.05) is 37.3 Å².